The van der Waals surface area contributed by atoms with Gasteiger partial charge in [0, 0.05) is 16.1 Å². The number of benzene rings is 3. The van der Waals surface area contributed by atoms with Crippen LogP contribution in [0.3, 0.4) is 0 Å². The summed E-state index contributed by atoms with van der Waals surface area (Å²) in [5, 5.41) is 5.43. The largest absolute Gasteiger partial charge is 0.238 e. The lowest BCUT2D eigenvalue weighted by Crippen LogP contribution is -2.11. The lowest BCUT2D eigenvalue weighted by molar-refractivity contribution is 0.412. The molecule has 3 aromatic carbocycles. The van der Waals surface area contributed by atoms with Crippen molar-refractivity contribution >= 4 is 21.6 Å². The monoisotopic (exact) mass is 443 g/mol. The van der Waals surface area contributed by atoms with Crippen molar-refractivity contribution in [2.45, 2.75) is 18.7 Å². The molecule has 0 radical (unpaired) electrons. The summed E-state index contributed by atoms with van der Waals surface area (Å²) in [4.78, 5) is -0.274. The summed E-state index contributed by atoms with van der Waals surface area (Å²) in [6, 6.07) is 7.23. The highest BCUT2D eigenvalue weighted by molar-refractivity contribution is 7.89. The van der Waals surface area contributed by atoms with Crippen molar-refractivity contribution in [3.8, 4) is 22.3 Å². The second kappa shape index (κ2) is 7.44. The Hall–Kier alpha value is -2.42. The van der Waals surface area contributed by atoms with E-state index in [4.69, 9.17) is 16.7 Å². The van der Waals surface area contributed by atoms with Gasteiger partial charge in [-0.2, -0.15) is 0 Å². The van der Waals surface area contributed by atoms with Crippen LogP contribution in [0.5, 0.6) is 0 Å². The van der Waals surface area contributed by atoms with Crippen molar-refractivity contribution in [2.24, 2.45) is 5.14 Å². The van der Waals surface area contributed by atoms with Crippen molar-refractivity contribution < 1.29 is 26.0 Å². The third-order valence-corrected chi connectivity index (χ3v) is 5.99. The molecule has 0 aliphatic carbocycles. The van der Waals surface area contributed by atoms with Crippen LogP contribution in [0.1, 0.15) is 11.1 Å². The molecule has 3 rings (SSSR count). The molecule has 0 aliphatic heterocycles. The number of hydrogen-bond donors (Lipinski definition) is 1. The Morgan fingerprint density at radius 2 is 1.17 bits per heavy atom. The third-order valence-electron chi connectivity index (χ3n) is 4.46. The van der Waals surface area contributed by atoms with Crippen molar-refractivity contribution in [1.29, 1.82) is 0 Å². The standard InChI is InChI=1S/C20H14ClF4NO2S/c1-9-7-12(8-10(2)16(9)21)15-14(17(22)19(24)20(25)18(15)23)11-3-5-13(6-4-11)29(26,27)28/h3-8H,1-2H3,(H2,26,27,28). The molecule has 0 heterocycles. The molecular weight excluding hydrogens is 430 g/mol. The van der Waals surface area contributed by atoms with E-state index in [1.165, 1.54) is 12.1 Å². The van der Waals surface area contributed by atoms with Crippen molar-refractivity contribution in [3.05, 3.63) is 75.8 Å². The van der Waals surface area contributed by atoms with Gasteiger partial charge < -0.3 is 0 Å². The van der Waals surface area contributed by atoms with Gasteiger partial charge in [-0.15, -0.1) is 0 Å². The summed E-state index contributed by atoms with van der Waals surface area (Å²) in [7, 11) is -4.03. The van der Waals surface area contributed by atoms with Gasteiger partial charge in [0.25, 0.3) is 0 Å². The molecule has 0 bridgehead atoms. The minimum Gasteiger partial charge on any atom is -0.225 e. The van der Waals surface area contributed by atoms with Gasteiger partial charge in [0.1, 0.15) is 0 Å². The molecule has 9 heteroatoms. The maximum atomic E-state index is 14.8. The van der Waals surface area contributed by atoms with E-state index in [9.17, 15) is 26.0 Å². The molecule has 0 atom stereocenters. The van der Waals surface area contributed by atoms with Gasteiger partial charge in [-0.25, -0.2) is 31.1 Å². The van der Waals surface area contributed by atoms with Gasteiger partial charge in [0.15, 0.2) is 23.3 Å². The van der Waals surface area contributed by atoms with Crippen LogP contribution in [-0.4, -0.2) is 8.42 Å². The molecule has 0 saturated heterocycles. The van der Waals surface area contributed by atoms with Crippen LogP contribution in [0, 0.1) is 37.1 Å². The lowest BCUT2D eigenvalue weighted by atomic mass is 9.91. The van der Waals surface area contributed by atoms with Crippen LogP contribution < -0.4 is 5.14 Å². The number of halogens is 5. The molecule has 0 spiro atoms. The highest BCUT2D eigenvalue weighted by atomic mass is 35.5. The molecule has 3 nitrogen and oxygen atoms in total. The fourth-order valence-corrected chi connectivity index (χ4v) is 3.70. The molecular formula is C20H14ClF4NO2S. The van der Waals surface area contributed by atoms with E-state index in [1.807, 2.05) is 0 Å². The average Bonchev–Trinajstić information content (AvgIpc) is 2.66. The summed E-state index contributed by atoms with van der Waals surface area (Å²) >= 11 is 6.11. The van der Waals surface area contributed by atoms with E-state index in [0.29, 0.717) is 16.1 Å². The number of primary sulfonamides is 1. The maximum Gasteiger partial charge on any atom is 0.238 e. The summed E-state index contributed by atoms with van der Waals surface area (Å²) in [6.45, 7) is 3.26. The first-order valence-corrected chi connectivity index (χ1v) is 10.1. The van der Waals surface area contributed by atoms with Crippen LogP contribution >= 0.6 is 11.6 Å². The van der Waals surface area contributed by atoms with Crippen LogP contribution in [0.15, 0.2) is 41.3 Å². The zero-order valence-corrected chi connectivity index (χ0v) is 16.7. The minimum atomic E-state index is -4.03. The molecule has 0 aromatic heterocycles. The number of hydrogen-bond acceptors (Lipinski definition) is 2. The fraction of sp³-hybridized carbons (Fsp3) is 0.100. The fourth-order valence-electron chi connectivity index (χ4n) is 3.08. The second-order valence-electron chi connectivity index (χ2n) is 6.50. The van der Waals surface area contributed by atoms with Crippen LogP contribution in [0.4, 0.5) is 17.6 Å². The van der Waals surface area contributed by atoms with E-state index in [1.54, 1.807) is 13.8 Å². The van der Waals surface area contributed by atoms with Gasteiger partial charge >= 0.3 is 0 Å². The molecule has 152 valence electrons. The molecule has 0 fully saturated rings. The molecule has 0 saturated carbocycles. The summed E-state index contributed by atoms with van der Waals surface area (Å²) in [5.74, 6) is -7.10. The molecule has 3 aromatic rings. The maximum absolute atomic E-state index is 14.8. The first-order valence-electron chi connectivity index (χ1n) is 8.19. The summed E-state index contributed by atoms with van der Waals surface area (Å²) in [6.07, 6.45) is 0. The van der Waals surface area contributed by atoms with Gasteiger partial charge in [-0.05, 0) is 60.4 Å². The van der Waals surface area contributed by atoms with Crippen molar-refractivity contribution in [3.63, 3.8) is 0 Å². The SMILES string of the molecule is Cc1cc(-c2c(F)c(F)c(F)c(F)c2-c2ccc(S(N)(=O)=O)cc2)cc(C)c1Cl. The van der Waals surface area contributed by atoms with E-state index >= 15 is 0 Å². The zero-order valence-electron chi connectivity index (χ0n) is 15.2. The Morgan fingerprint density at radius 1 is 0.759 bits per heavy atom. The average molecular weight is 444 g/mol. The molecule has 0 amide bonds. The highest BCUT2D eigenvalue weighted by Crippen LogP contribution is 2.40. The Labute approximate surface area is 169 Å². The molecule has 2 N–H and O–H groups in total. The third kappa shape index (κ3) is 3.75. The summed E-state index contributed by atoms with van der Waals surface area (Å²) < 4.78 is 80.4. The number of nitrogens with two attached hydrogens (primary N) is 1. The van der Waals surface area contributed by atoms with Gasteiger partial charge in [-0.1, -0.05) is 23.7 Å². The second-order valence-corrected chi connectivity index (χ2v) is 8.44. The number of aryl methyl sites for hydroxylation is 2. The van der Waals surface area contributed by atoms with Gasteiger partial charge in [-0.3, -0.25) is 0 Å². The smallest absolute Gasteiger partial charge is 0.225 e. The Morgan fingerprint density at radius 3 is 1.59 bits per heavy atom. The van der Waals surface area contributed by atoms with E-state index < -0.39 is 44.4 Å². The highest BCUT2D eigenvalue weighted by Gasteiger charge is 2.27. The minimum absolute atomic E-state index is 0.0621. The van der Waals surface area contributed by atoms with Crippen LogP contribution in [-0.2, 0) is 10.0 Å². The Balaban J connectivity index is 2.38. The van der Waals surface area contributed by atoms with Gasteiger partial charge in [0.2, 0.25) is 10.0 Å². The molecule has 0 unspecified atom stereocenters. The number of sulfonamides is 1. The van der Waals surface area contributed by atoms with Crippen LogP contribution in [0.25, 0.3) is 22.3 Å². The Kier molecular flexibility index (Phi) is 5.46. The first-order chi connectivity index (χ1) is 13.4. The molecule has 0 aliphatic rings. The number of rotatable bonds is 3. The predicted molar refractivity (Wildman–Crippen MR) is 103 cm³/mol. The van der Waals surface area contributed by atoms with E-state index in [2.05, 4.69) is 0 Å². The topological polar surface area (TPSA) is 60.2 Å². The molecule has 29 heavy (non-hydrogen) atoms. The first kappa shape index (κ1) is 21.3. The van der Waals surface area contributed by atoms with Crippen molar-refractivity contribution in [2.75, 3.05) is 0 Å². The van der Waals surface area contributed by atoms with Crippen molar-refractivity contribution in [1.82, 2.24) is 0 Å². The zero-order chi connectivity index (χ0) is 21.7. The van der Waals surface area contributed by atoms with Crippen LogP contribution in [0.2, 0.25) is 5.02 Å². The lowest BCUT2D eigenvalue weighted by Gasteiger charge is -2.16. The predicted octanol–water partition coefficient (Wildman–Crippen LogP) is 5.49. The van der Waals surface area contributed by atoms with E-state index in [-0.39, 0.29) is 16.0 Å². The quantitative estimate of drug-likeness (QED) is 0.330. The summed E-state index contributed by atoms with van der Waals surface area (Å²) in [5.41, 5.74) is 0.0257. The van der Waals surface area contributed by atoms with E-state index in [0.717, 1.165) is 24.3 Å². The Bertz CT molecular complexity index is 1220. The van der Waals surface area contributed by atoms with Gasteiger partial charge in [0.05, 0.1) is 4.90 Å². The normalized spacial score (nSPS) is 11.7.